The molecule has 0 heterocycles. The van der Waals surface area contributed by atoms with Gasteiger partial charge in [-0.2, -0.15) is 0 Å². The van der Waals surface area contributed by atoms with Crippen molar-refractivity contribution in [1.29, 1.82) is 0 Å². The molecule has 0 fully saturated rings. The van der Waals surface area contributed by atoms with Crippen LogP contribution in [0.15, 0.2) is 18.2 Å². The molecule has 0 aliphatic heterocycles. The van der Waals surface area contributed by atoms with Gasteiger partial charge in [-0.1, -0.05) is 12.1 Å². The monoisotopic (exact) mass is 207 g/mol. The summed E-state index contributed by atoms with van der Waals surface area (Å²) in [4.78, 5) is 0. The van der Waals surface area contributed by atoms with Gasteiger partial charge in [0.1, 0.15) is 11.4 Å². The standard InChI is InChI=1S/C12H17NO2/c1-15-10-6-2-4-9-5-3-7-12(14,8-13)11(9)10/h2,4,6,14H,3,5,7-8,13H2,1H3. The lowest BCUT2D eigenvalue weighted by Crippen LogP contribution is -2.38. The third kappa shape index (κ3) is 1.62. The van der Waals surface area contributed by atoms with Gasteiger partial charge in [-0.25, -0.2) is 0 Å². The highest BCUT2D eigenvalue weighted by molar-refractivity contribution is 5.46. The van der Waals surface area contributed by atoms with Gasteiger partial charge in [-0.3, -0.25) is 0 Å². The number of hydrogen-bond acceptors (Lipinski definition) is 3. The number of aryl methyl sites for hydroxylation is 1. The third-order valence-corrected chi connectivity index (χ3v) is 3.17. The van der Waals surface area contributed by atoms with Crippen molar-refractivity contribution in [3.63, 3.8) is 0 Å². The molecule has 3 N–H and O–H groups in total. The molecule has 1 unspecified atom stereocenters. The van der Waals surface area contributed by atoms with Crippen LogP contribution in [0.4, 0.5) is 0 Å². The van der Waals surface area contributed by atoms with Gasteiger partial charge in [-0.05, 0) is 30.9 Å². The average Bonchev–Trinajstić information content (AvgIpc) is 2.28. The summed E-state index contributed by atoms with van der Waals surface area (Å²) in [6.07, 6.45) is 2.69. The van der Waals surface area contributed by atoms with E-state index in [1.807, 2.05) is 18.2 Å². The fourth-order valence-corrected chi connectivity index (χ4v) is 2.38. The second-order valence-corrected chi connectivity index (χ2v) is 4.08. The number of fused-ring (bicyclic) bond motifs is 1. The topological polar surface area (TPSA) is 55.5 Å². The molecule has 1 aromatic rings. The van der Waals surface area contributed by atoms with Crippen molar-refractivity contribution in [1.82, 2.24) is 0 Å². The molecule has 1 aromatic carbocycles. The van der Waals surface area contributed by atoms with Crippen LogP contribution in [0.3, 0.4) is 0 Å². The van der Waals surface area contributed by atoms with E-state index >= 15 is 0 Å². The summed E-state index contributed by atoms with van der Waals surface area (Å²) in [6, 6.07) is 5.88. The van der Waals surface area contributed by atoms with E-state index in [1.54, 1.807) is 7.11 Å². The minimum Gasteiger partial charge on any atom is -0.496 e. The fourth-order valence-electron chi connectivity index (χ4n) is 2.38. The first kappa shape index (κ1) is 10.5. The van der Waals surface area contributed by atoms with Crippen LogP contribution in [0.2, 0.25) is 0 Å². The summed E-state index contributed by atoms with van der Waals surface area (Å²) in [7, 11) is 1.63. The summed E-state index contributed by atoms with van der Waals surface area (Å²) >= 11 is 0. The second kappa shape index (κ2) is 3.83. The van der Waals surface area contributed by atoms with Crippen LogP contribution >= 0.6 is 0 Å². The number of benzene rings is 1. The highest BCUT2D eigenvalue weighted by atomic mass is 16.5. The van der Waals surface area contributed by atoms with Crippen molar-refractivity contribution >= 4 is 0 Å². The molecule has 15 heavy (non-hydrogen) atoms. The van der Waals surface area contributed by atoms with Crippen LogP contribution in [-0.2, 0) is 12.0 Å². The number of ether oxygens (including phenoxy) is 1. The molecule has 1 aliphatic rings. The summed E-state index contributed by atoms with van der Waals surface area (Å²) < 4.78 is 5.29. The second-order valence-electron chi connectivity index (χ2n) is 4.08. The molecule has 0 amide bonds. The van der Waals surface area contributed by atoms with Gasteiger partial charge in [0.2, 0.25) is 0 Å². The van der Waals surface area contributed by atoms with Crippen LogP contribution in [0.25, 0.3) is 0 Å². The molecule has 1 atom stereocenters. The average molecular weight is 207 g/mol. The van der Waals surface area contributed by atoms with Crippen LogP contribution in [0, 0.1) is 0 Å². The van der Waals surface area contributed by atoms with E-state index in [9.17, 15) is 5.11 Å². The number of methoxy groups -OCH3 is 1. The highest BCUT2D eigenvalue weighted by Gasteiger charge is 2.35. The molecule has 2 rings (SSSR count). The van der Waals surface area contributed by atoms with Crippen LogP contribution in [0.5, 0.6) is 5.75 Å². The van der Waals surface area contributed by atoms with E-state index in [-0.39, 0.29) is 6.54 Å². The maximum atomic E-state index is 10.4. The summed E-state index contributed by atoms with van der Waals surface area (Å²) in [5, 5.41) is 10.4. The Morgan fingerprint density at radius 2 is 2.33 bits per heavy atom. The molecule has 1 aliphatic carbocycles. The molecule has 0 spiro atoms. The lowest BCUT2D eigenvalue weighted by atomic mass is 9.78. The first-order chi connectivity index (χ1) is 7.21. The maximum Gasteiger partial charge on any atom is 0.125 e. The van der Waals surface area contributed by atoms with Gasteiger partial charge < -0.3 is 15.6 Å². The SMILES string of the molecule is COc1cccc2c1C(O)(CN)CCC2. The zero-order valence-corrected chi connectivity index (χ0v) is 8.99. The molecular formula is C12H17NO2. The minimum absolute atomic E-state index is 0.250. The Hall–Kier alpha value is -1.06. The Labute approximate surface area is 89.9 Å². The molecular weight excluding hydrogens is 190 g/mol. The van der Waals surface area contributed by atoms with Gasteiger partial charge >= 0.3 is 0 Å². The van der Waals surface area contributed by atoms with Gasteiger partial charge in [0.05, 0.1) is 7.11 Å². The Balaban J connectivity index is 2.57. The van der Waals surface area contributed by atoms with Crippen molar-refractivity contribution in [2.45, 2.75) is 24.9 Å². The largest absolute Gasteiger partial charge is 0.496 e. The lowest BCUT2D eigenvalue weighted by Gasteiger charge is -2.34. The van der Waals surface area contributed by atoms with Gasteiger partial charge in [0, 0.05) is 12.1 Å². The maximum absolute atomic E-state index is 10.4. The molecule has 0 saturated heterocycles. The predicted octanol–water partition coefficient (Wildman–Crippen LogP) is 1.18. The van der Waals surface area contributed by atoms with E-state index in [1.165, 1.54) is 0 Å². The molecule has 0 saturated carbocycles. The zero-order valence-electron chi connectivity index (χ0n) is 8.99. The third-order valence-electron chi connectivity index (χ3n) is 3.17. The molecule has 0 radical (unpaired) electrons. The quantitative estimate of drug-likeness (QED) is 0.765. The molecule has 0 bridgehead atoms. The smallest absolute Gasteiger partial charge is 0.125 e. The minimum atomic E-state index is -0.903. The Morgan fingerprint density at radius 3 is 3.00 bits per heavy atom. The predicted molar refractivity (Wildman–Crippen MR) is 58.9 cm³/mol. The summed E-state index contributed by atoms with van der Waals surface area (Å²) in [6.45, 7) is 0.250. The number of hydrogen-bond donors (Lipinski definition) is 2. The van der Waals surface area contributed by atoms with Crippen LogP contribution in [-0.4, -0.2) is 18.8 Å². The molecule has 3 heteroatoms. The van der Waals surface area contributed by atoms with Crippen molar-refractivity contribution < 1.29 is 9.84 Å². The lowest BCUT2D eigenvalue weighted by molar-refractivity contribution is 0.0255. The Kier molecular flexibility index (Phi) is 2.67. The zero-order chi connectivity index (χ0) is 10.9. The van der Waals surface area contributed by atoms with Crippen molar-refractivity contribution in [3.8, 4) is 5.75 Å². The van der Waals surface area contributed by atoms with Crippen LogP contribution in [0.1, 0.15) is 24.0 Å². The van der Waals surface area contributed by atoms with Gasteiger partial charge in [-0.15, -0.1) is 0 Å². The van der Waals surface area contributed by atoms with Gasteiger partial charge in [0.25, 0.3) is 0 Å². The normalized spacial score (nSPS) is 24.7. The molecule has 0 aromatic heterocycles. The summed E-state index contributed by atoms with van der Waals surface area (Å²) in [5.74, 6) is 0.750. The van der Waals surface area contributed by atoms with E-state index < -0.39 is 5.60 Å². The first-order valence-corrected chi connectivity index (χ1v) is 5.30. The van der Waals surface area contributed by atoms with Gasteiger partial charge in [0.15, 0.2) is 0 Å². The number of rotatable bonds is 2. The number of aliphatic hydroxyl groups is 1. The molecule has 82 valence electrons. The Bertz CT molecular complexity index is 350. The van der Waals surface area contributed by atoms with Crippen LogP contribution < -0.4 is 10.5 Å². The highest BCUT2D eigenvalue weighted by Crippen LogP contribution is 2.40. The van der Waals surface area contributed by atoms with E-state index in [4.69, 9.17) is 10.5 Å². The summed E-state index contributed by atoms with van der Waals surface area (Å²) in [5.41, 5.74) is 6.82. The fraction of sp³-hybridized carbons (Fsp3) is 0.500. The van der Waals surface area contributed by atoms with E-state index in [0.29, 0.717) is 0 Å². The van der Waals surface area contributed by atoms with Crippen molar-refractivity contribution in [3.05, 3.63) is 29.3 Å². The van der Waals surface area contributed by atoms with E-state index in [0.717, 1.165) is 36.1 Å². The number of nitrogens with two attached hydrogens (primary N) is 1. The van der Waals surface area contributed by atoms with Crippen molar-refractivity contribution in [2.75, 3.05) is 13.7 Å². The molecule has 3 nitrogen and oxygen atoms in total. The van der Waals surface area contributed by atoms with Crippen molar-refractivity contribution in [2.24, 2.45) is 5.73 Å². The first-order valence-electron chi connectivity index (χ1n) is 5.30. The Morgan fingerprint density at radius 1 is 1.53 bits per heavy atom. The van der Waals surface area contributed by atoms with E-state index in [2.05, 4.69) is 0 Å².